The first kappa shape index (κ1) is 33.1. The van der Waals surface area contributed by atoms with Gasteiger partial charge in [0.15, 0.2) is 5.69 Å². The smallest absolute Gasteiger partial charge is 0.188 e. The molecule has 0 N–H and O–H groups in total. The first-order chi connectivity index (χ1) is 29.2. The summed E-state index contributed by atoms with van der Waals surface area (Å²) >= 11 is 0. The summed E-state index contributed by atoms with van der Waals surface area (Å²) in [4.78, 5) is 14.5. The van der Waals surface area contributed by atoms with Crippen LogP contribution >= 0.6 is 0 Å². The Morgan fingerprint density at radius 2 is 0.966 bits per heavy atom. The second kappa shape index (κ2) is 13.0. The van der Waals surface area contributed by atoms with Crippen molar-refractivity contribution in [3.63, 3.8) is 0 Å². The van der Waals surface area contributed by atoms with Gasteiger partial charge in [0.2, 0.25) is 0 Å². The zero-order chi connectivity index (χ0) is 39.0. The number of rotatable bonds is 4. The Kier molecular flexibility index (Phi) is 7.26. The van der Waals surface area contributed by atoms with E-state index < -0.39 is 0 Å². The average molecular weight is 749 g/mol. The van der Waals surface area contributed by atoms with Crippen LogP contribution in [-0.4, -0.2) is 14.5 Å². The Hall–Kier alpha value is -8.13. The predicted molar refractivity (Wildman–Crippen MR) is 246 cm³/mol. The van der Waals surface area contributed by atoms with Crippen LogP contribution in [0.15, 0.2) is 194 Å². The number of benzene rings is 9. The van der Waals surface area contributed by atoms with Crippen LogP contribution in [0.2, 0.25) is 0 Å². The predicted octanol–water partition coefficient (Wildman–Crippen LogP) is 14.9. The highest BCUT2D eigenvalue weighted by atomic mass is 15.0. The Balaban J connectivity index is 1.12. The van der Waals surface area contributed by atoms with E-state index in [1.807, 2.05) is 30.3 Å². The van der Waals surface area contributed by atoms with Gasteiger partial charge in [-0.2, -0.15) is 0 Å². The van der Waals surface area contributed by atoms with E-state index in [1.54, 1.807) is 0 Å². The molecule has 0 aliphatic carbocycles. The molecule has 0 amide bonds. The van der Waals surface area contributed by atoms with Gasteiger partial charge < -0.3 is 4.57 Å². The Labute approximate surface area is 339 Å². The molecule has 4 heteroatoms. The van der Waals surface area contributed by atoms with Gasteiger partial charge in [-0.3, -0.25) is 0 Å². The number of para-hydroxylation sites is 2. The van der Waals surface area contributed by atoms with Crippen molar-refractivity contribution in [3.05, 3.63) is 206 Å². The summed E-state index contributed by atoms with van der Waals surface area (Å²) in [7, 11) is 0. The molecule has 0 spiro atoms. The van der Waals surface area contributed by atoms with Crippen LogP contribution in [0.5, 0.6) is 0 Å². The van der Waals surface area contributed by atoms with E-state index in [0.29, 0.717) is 5.69 Å². The minimum Gasteiger partial charge on any atom is -0.309 e. The molecule has 0 saturated heterocycles. The summed E-state index contributed by atoms with van der Waals surface area (Å²) in [5.41, 5.74) is 13.4. The lowest BCUT2D eigenvalue weighted by molar-refractivity contribution is 1.18. The Morgan fingerprint density at radius 3 is 1.66 bits per heavy atom. The molecule has 4 nitrogen and oxygen atoms in total. The summed E-state index contributed by atoms with van der Waals surface area (Å²) in [5, 5.41) is 10.1. The van der Waals surface area contributed by atoms with Crippen LogP contribution in [0.25, 0.3) is 120 Å². The second-order valence-corrected chi connectivity index (χ2v) is 15.2. The van der Waals surface area contributed by atoms with Crippen LogP contribution in [0.1, 0.15) is 0 Å². The third kappa shape index (κ3) is 5.09. The lowest BCUT2D eigenvalue weighted by Gasteiger charge is -2.18. The molecule has 0 aliphatic heterocycles. The highest BCUT2D eigenvalue weighted by Gasteiger charge is 2.20. The molecular formula is C55H32N4. The fourth-order valence-electron chi connectivity index (χ4n) is 9.32. The lowest BCUT2D eigenvalue weighted by atomic mass is 9.85. The molecule has 0 saturated carbocycles. The summed E-state index contributed by atoms with van der Waals surface area (Å²) in [6.07, 6.45) is 0. The summed E-state index contributed by atoms with van der Waals surface area (Å²) in [6, 6.07) is 68.6. The summed E-state index contributed by atoms with van der Waals surface area (Å²) in [6.45, 7) is 7.82. The Morgan fingerprint density at radius 1 is 0.390 bits per heavy atom. The molecule has 12 aromatic rings. The molecule has 3 aromatic heterocycles. The van der Waals surface area contributed by atoms with E-state index in [9.17, 15) is 0 Å². The molecule has 59 heavy (non-hydrogen) atoms. The number of hydrogen-bond donors (Lipinski definition) is 0. The first-order valence-electron chi connectivity index (χ1n) is 19.9. The van der Waals surface area contributed by atoms with Gasteiger partial charge >= 0.3 is 0 Å². The van der Waals surface area contributed by atoms with Gasteiger partial charge in [0, 0.05) is 32.8 Å². The number of nitrogens with zero attached hydrogens (tertiary/aromatic N) is 4. The molecule has 0 radical (unpaired) electrons. The van der Waals surface area contributed by atoms with E-state index in [0.717, 1.165) is 82.6 Å². The fourth-order valence-corrected chi connectivity index (χ4v) is 9.32. The molecule has 12 rings (SSSR count). The van der Waals surface area contributed by atoms with Crippen LogP contribution in [0.4, 0.5) is 5.69 Å². The first-order valence-corrected chi connectivity index (χ1v) is 19.9. The summed E-state index contributed by atoms with van der Waals surface area (Å²) < 4.78 is 2.31. The topological polar surface area (TPSA) is 35.1 Å². The molecule has 0 aliphatic rings. The molecule has 9 aromatic carbocycles. The average Bonchev–Trinajstić information content (AvgIpc) is 3.63. The second-order valence-electron chi connectivity index (χ2n) is 15.2. The van der Waals surface area contributed by atoms with Crippen molar-refractivity contribution >= 4 is 81.7 Å². The van der Waals surface area contributed by atoms with Gasteiger partial charge in [0.1, 0.15) is 0 Å². The zero-order valence-corrected chi connectivity index (χ0v) is 31.8. The SMILES string of the molecule is [C-]#[N+]c1ccc2c(c1)c1cc(-c3c4ccccc4c(-c4ccc5c(c4)nc(-c4ccccc4)c4cc6ccccc6nc45)c4ccccc34)ccc1n2-c1ccccc1. The van der Waals surface area contributed by atoms with Crippen molar-refractivity contribution in [3.8, 4) is 39.2 Å². The fraction of sp³-hybridized carbons (Fsp3) is 0. The number of hydrogen-bond acceptors (Lipinski definition) is 2. The van der Waals surface area contributed by atoms with Crippen LogP contribution in [0.3, 0.4) is 0 Å². The van der Waals surface area contributed by atoms with Gasteiger partial charge in [-0.15, -0.1) is 0 Å². The van der Waals surface area contributed by atoms with Crippen molar-refractivity contribution in [2.75, 3.05) is 0 Å². The molecule has 0 atom stereocenters. The van der Waals surface area contributed by atoms with E-state index >= 15 is 0 Å². The minimum atomic E-state index is 0.633. The largest absolute Gasteiger partial charge is 0.309 e. The van der Waals surface area contributed by atoms with Crippen LogP contribution in [0, 0.1) is 6.57 Å². The highest BCUT2D eigenvalue weighted by molar-refractivity contribution is 6.23. The van der Waals surface area contributed by atoms with Crippen LogP contribution in [-0.2, 0) is 0 Å². The third-order valence-electron chi connectivity index (χ3n) is 11.9. The van der Waals surface area contributed by atoms with Crippen molar-refractivity contribution in [2.24, 2.45) is 0 Å². The van der Waals surface area contributed by atoms with Crippen molar-refractivity contribution in [1.82, 2.24) is 14.5 Å². The van der Waals surface area contributed by atoms with Gasteiger partial charge in [0.25, 0.3) is 0 Å². The van der Waals surface area contributed by atoms with E-state index in [-0.39, 0.29) is 0 Å². The molecule has 0 bridgehead atoms. The highest BCUT2D eigenvalue weighted by Crippen LogP contribution is 2.46. The maximum Gasteiger partial charge on any atom is 0.188 e. The molecule has 0 fully saturated rings. The molecule has 0 unspecified atom stereocenters. The number of aromatic nitrogens is 3. The quantitative estimate of drug-likeness (QED) is 0.102. The third-order valence-corrected chi connectivity index (χ3v) is 11.9. The van der Waals surface area contributed by atoms with Gasteiger partial charge in [-0.1, -0.05) is 133 Å². The number of fused-ring (bicyclic) bond motifs is 9. The van der Waals surface area contributed by atoms with Crippen molar-refractivity contribution in [1.29, 1.82) is 0 Å². The van der Waals surface area contributed by atoms with E-state index in [1.165, 1.54) is 32.7 Å². The monoisotopic (exact) mass is 748 g/mol. The lowest BCUT2D eigenvalue weighted by Crippen LogP contribution is -1.94. The molecule has 3 heterocycles. The minimum absolute atomic E-state index is 0.633. The van der Waals surface area contributed by atoms with E-state index in [4.69, 9.17) is 16.5 Å². The summed E-state index contributed by atoms with van der Waals surface area (Å²) in [5.74, 6) is 0. The molecule has 272 valence electrons. The normalized spacial score (nSPS) is 11.7. The molecular weight excluding hydrogens is 717 g/mol. The standard InChI is InChI=1S/C55H32N4/c1-56-38-26-29-51-46(33-38)45-31-36(25-28-50(45)59(51)39-17-6-3-7-18-39)52-40-19-9-11-21-42(40)53(43-22-12-10-20-41(43)52)37-24-27-44-49(32-37)58-54(34-14-4-2-5-15-34)47-30-35-16-8-13-23-48(35)57-55(44)47/h2-33H. The van der Waals surface area contributed by atoms with Crippen molar-refractivity contribution < 1.29 is 0 Å². The van der Waals surface area contributed by atoms with Crippen LogP contribution < -0.4 is 0 Å². The Bertz CT molecular complexity index is 3670. The van der Waals surface area contributed by atoms with Gasteiger partial charge in [0.05, 0.1) is 39.8 Å². The van der Waals surface area contributed by atoms with E-state index in [2.05, 4.69) is 173 Å². The zero-order valence-electron chi connectivity index (χ0n) is 31.8. The maximum absolute atomic E-state index is 7.82. The van der Waals surface area contributed by atoms with Crippen molar-refractivity contribution in [2.45, 2.75) is 0 Å². The van der Waals surface area contributed by atoms with Gasteiger partial charge in [-0.05, 0) is 110 Å². The van der Waals surface area contributed by atoms with Gasteiger partial charge in [-0.25, -0.2) is 14.8 Å². The maximum atomic E-state index is 7.82. The number of pyridine rings is 2.